The molecule has 0 amide bonds. The average molecular weight is 293 g/mol. The van der Waals surface area contributed by atoms with Gasteiger partial charge in [-0.3, -0.25) is 0 Å². The third-order valence-electron chi connectivity index (χ3n) is 3.89. The molecule has 0 saturated carbocycles. The molecular formula is C16H21ClN2O. The molecule has 2 rings (SSSR count). The van der Waals surface area contributed by atoms with Crippen LogP contribution in [0.4, 0.5) is 0 Å². The molecule has 1 aliphatic heterocycles. The van der Waals surface area contributed by atoms with Crippen LogP contribution in [0.25, 0.3) is 0 Å². The molecule has 0 saturated heterocycles. The molecule has 1 aliphatic rings. The molecule has 1 aromatic rings. The lowest BCUT2D eigenvalue weighted by molar-refractivity contribution is 0.312. The van der Waals surface area contributed by atoms with Gasteiger partial charge in [0.2, 0.25) is 0 Å². The maximum atomic E-state index is 9.81. The summed E-state index contributed by atoms with van der Waals surface area (Å²) in [6.45, 7) is 1.66. The Bertz CT molecular complexity index is 510. The smallest absolute Gasteiger partial charge is 0.124 e. The van der Waals surface area contributed by atoms with Gasteiger partial charge in [-0.25, -0.2) is 0 Å². The molecule has 0 spiro atoms. The van der Waals surface area contributed by atoms with Gasteiger partial charge in [0.15, 0.2) is 0 Å². The molecule has 0 N–H and O–H groups in total. The Hall–Kier alpha value is -1.24. The largest absolute Gasteiger partial charge is 0.493 e. The zero-order chi connectivity index (χ0) is 14.6. The van der Waals surface area contributed by atoms with Crippen LogP contribution in [0.2, 0.25) is 5.02 Å². The van der Waals surface area contributed by atoms with Crippen molar-refractivity contribution >= 4 is 11.6 Å². The monoisotopic (exact) mass is 292 g/mol. The third-order valence-corrected chi connectivity index (χ3v) is 4.12. The van der Waals surface area contributed by atoms with Crippen LogP contribution in [-0.4, -0.2) is 32.1 Å². The molecule has 0 fully saturated rings. The van der Waals surface area contributed by atoms with Gasteiger partial charge in [-0.1, -0.05) is 11.6 Å². The van der Waals surface area contributed by atoms with Crippen LogP contribution in [0, 0.1) is 11.3 Å². The fourth-order valence-electron chi connectivity index (χ4n) is 2.82. The first-order valence-corrected chi connectivity index (χ1v) is 7.44. The average Bonchev–Trinajstić information content (AvgIpc) is 2.59. The van der Waals surface area contributed by atoms with E-state index in [2.05, 4.69) is 25.1 Å². The SMILES string of the molecule is CN(C)CCCC1(C#N)CCCOc2ccc(Cl)cc21. The number of hydrogen-bond acceptors (Lipinski definition) is 3. The first-order chi connectivity index (χ1) is 9.57. The van der Waals surface area contributed by atoms with Gasteiger partial charge in [0.1, 0.15) is 5.75 Å². The summed E-state index contributed by atoms with van der Waals surface area (Å²) in [5, 5.41) is 10.5. The van der Waals surface area contributed by atoms with Crippen molar-refractivity contribution in [1.29, 1.82) is 5.26 Å². The highest BCUT2D eigenvalue weighted by Gasteiger charge is 2.36. The van der Waals surface area contributed by atoms with E-state index in [9.17, 15) is 5.26 Å². The van der Waals surface area contributed by atoms with Gasteiger partial charge in [0.25, 0.3) is 0 Å². The number of nitriles is 1. The van der Waals surface area contributed by atoms with Crippen LogP contribution in [0.3, 0.4) is 0 Å². The summed E-state index contributed by atoms with van der Waals surface area (Å²) >= 11 is 6.13. The van der Waals surface area contributed by atoms with Crippen LogP contribution < -0.4 is 4.74 Å². The molecule has 4 heteroatoms. The second-order valence-electron chi connectivity index (χ2n) is 5.69. The van der Waals surface area contributed by atoms with Gasteiger partial charge in [0, 0.05) is 10.6 Å². The molecule has 0 bridgehead atoms. The molecule has 20 heavy (non-hydrogen) atoms. The summed E-state index contributed by atoms with van der Waals surface area (Å²) in [6, 6.07) is 8.18. The van der Waals surface area contributed by atoms with Crippen LogP contribution in [0.1, 0.15) is 31.2 Å². The number of rotatable bonds is 4. The molecule has 3 nitrogen and oxygen atoms in total. The van der Waals surface area contributed by atoms with E-state index in [4.69, 9.17) is 16.3 Å². The van der Waals surface area contributed by atoms with Crippen molar-refractivity contribution in [3.8, 4) is 11.8 Å². The van der Waals surface area contributed by atoms with Crippen molar-refractivity contribution in [3.05, 3.63) is 28.8 Å². The first-order valence-electron chi connectivity index (χ1n) is 7.06. The number of benzene rings is 1. The van der Waals surface area contributed by atoms with E-state index in [0.717, 1.165) is 43.5 Å². The van der Waals surface area contributed by atoms with E-state index in [1.807, 2.05) is 18.2 Å². The minimum atomic E-state index is -0.466. The van der Waals surface area contributed by atoms with E-state index < -0.39 is 5.41 Å². The fraction of sp³-hybridized carbons (Fsp3) is 0.562. The molecule has 1 heterocycles. The Labute approximate surface area is 126 Å². The molecule has 0 aliphatic carbocycles. The summed E-state index contributed by atoms with van der Waals surface area (Å²) < 4.78 is 5.77. The van der Waals surface area contributed by atoms with E-state index in [1.165, 1.54) is 0 Å². The van der Waals surface area contributed by atoms with Crippen LogP contribution >= 0.6 is 11.6 Å². The van der Waals surface area contributed by atoms with Crippen LogP contribution in [-0.2, 0) is 5.41 Å². The van der Waals surface area contributed by atoms with Crippen molar-refractivity contribution in [3.63, 3.8) is 0 Å². The minimum absolute atomic E-state index is 0.466. The lowest BCUT2D eigenvalue weighted by atomic mass is 9.74. The number of hydrogen-bond donors (Lipinski definition) is 0. The molecule has 1 unspecified atom stereocenters. The third kappa shape index (κ3) is 3.26. The van der Waals surface area contributed by atoms with Gasteiger partial charge in [-0.2, -0.15) is 5.26 Å². The van der Waals surface area contributed by atoms with Crippen molar-refractivity contribution in [2.75, 3.05) is 27.2 Å². The van der Waals surface area contributed by atoms with Gasteiger partial charge in [-0.05, 0) is 64.5 Å². The van der Waals surface area contributed by atoms with E-state index in [1.54, 1.807) is 0 Å². The van der Waals surface area contributed by atoms with Gasteiger partial charge >= 0.3 is 0 Å². The standard InChI is InChI=1S/C16H21ClN2O/c1-19(2)9-3-7-16(12-18)8-4-10-20-15-6-5-13(17)11-14(15)16/h5-6,11H,3-4,7-10H2,1-2H3. The highest BCUT2D eigenvalue weighted by Crippen LogP contribution is 2.42. The molecular weight excluding hydrogens is 272 g/mol. The van der Waals surface area contributed by atoms with Crippen molar-refractivity contribution < 1.29 is 4.74 Å². The van der Waals surface area contributed by atoms with Crippen molar-refractivity contribution in [2.24, 2.45) is 0 Å². The molecule has 0 aromatic heterocycles. The predicted octanol–water partition coefficient (Wildman–Crippen LogP) is 3.62. The quantitative estimate of drug-likeness (QED) is 0.850. The van der Waals surface area contributed by atoms with Gasteiger partial charge < -0.3 is 9.64 Å². The summed E-state index contributed by atoms with van der Waals surface area (Å²) in [5.74, 6) is 0.818. The Morgan fingerprint density at radius 1 is 1.45 bits per heavy atom. The minimum Gasteiger partial charge on any atom is -0.493 e. The second-order valence-corrected chi connectivity index (χ2v) is 6.13. The fourth-order valence-corrected chi connectivity index (χ4v) is 2.99. The summed E-state index contributed by atoms with van der Waals surface area (Å²) in [7, 11) is 4.11. The highest BCUT2D eigenvalue weighted by atomic mass is 35.5. The summed E-state index contributed by atoms with van der Waals surface area (Å²) in [4.78, 5) is 2.15. The summed E-state index contributed by atoms with van der Waals surface area (Å²) in [6.07, 6.45) is 3.58. The maximum absolute atomic E-state index is 9.81. The molecule has 1 aromatic carbocycles. The zero-order valence-corrected chi connectivity index (χ0v) is 12.9. The topological polar surface area (TPSA) is 36.3 Å². The Morgan fingerprint density at radius 3 is 2.95 bits per heavy atom. The zero-order valence-electron chi connectivity index (χ0n) is 12.2. The van der Waals surface area contributed by atoms with Gasteiger partial charge in [-0.15, -0.1) is 0 Å². The second kappa shape index (κ2) is 6.47. The van der Waals surface area contributed by atoms with Crippen LogP contribution in [0.5, 0.6) is 5.75 Å². The van der Waals surface area contributed by atoms with Gasteiger partial charge in [0.05, 0.1) is 18.1 Å². The van der Waals surface area contributed by atoms with E-state index >= 15 is 0 Å². The Balaban J connectivity index is 2.32. The molecule has 108 valence electrons. The van der Waals surface area contributed by atoms with Crippen LogP contribution in [0.15, 0.2) is 18.2 Å². The Morgan fingerprint density at radius 2 is 2.25 bits per heavy atom. The van der Waals surface area contributed by atoms with E-state index in [0.29, 0.717) is 11.6 Å². The number of nitrogens with zero attached hydrogens (tertiary/aromatic N) is 2. The lowest BCUT2D eigenvalue weighted by Crippen LogP contribution is -2.26. The lowest BCUT2D eigenvalue weighted by Gasteiger charge is -2.27. The van der Waals surface area contributed by atoms with Crippen molar-refractivity contribution in [2.45, 2.75) is 31.1 Å². The summed E-state index contributed by atoms with van der Waals surface area (Å²) in [5.41, 5.74) is 0.496. The maximum Gasteiger partial charge on any atom is 0.124 e. The number of fused-ring (bicyclic) bond motifs is 1. The normalized spacial score (nSPS) is 21.8. The number of halogens is 1. The molecule has 0 radical (unpaired) electrons. The Kier molecular flexibility index (Phi) is 4.91. The predicted molar refractivity (Wildman–Crippen MR) is 81.3 cm³/mol. The number of ether oxygens (including phenoxy) is 1. The van der Waals surface area contributed by atoms with E-state index in [-0.39, 0.29) is 0 Å². The first kappa shape index (κ1) is 15.2. The highest BCUT2D eigenvalue weighted by molar-refractivity contribution is 6.30. The molecule has 1 atom stereocenters. The van der Waals surface area contributed by atoms with Crippen molar-refractivity contribution in [1.82, 2.24) is 4.90 Å².